The van der Waals surface area contributed by atoms with Gasteiger partial charge < -0.3 is 9.84 Å². The van der Waals surface area contributed by atoms with Gasteiger partial charge in [0.2, 0.25) is 0 Å². The average molecular weight is 314 g/mol. The van der Waals surface area contributed by atoms with Crippen LogP contribution in [0.5, 0.6) is 5.75 Å². The maximum absolute atomic E-state index is 11.5. The van der Waals surface area contributed by atoms with Gasteiger partial charge in [0.15, 0.2) is 0 Å². The molecule has 2 nitrogen and oxygen atoms in total. The largest absolute Gasteiger partial charge is 0.496 e. The van der Waals surface area contributed by atoms with E-state index in [0.29, 0.717) is 10.5 Å². The Morgan fingerprint density at radius 1 is 1.05 bits per heavy atom. The molecule has 2 aliphatic heterocycles. The Hall–Kier alpha value is -1.19. The van der Waals surface area contributed by atoms with Crippen LogP contribution in [0.25, 0.3) is 10.8 Å². The van der Waals surface area contributed by atoms with Crippen molar-refractivity contribution in [2.75, 3.05) is 7.11 Å². The molecule has 2 unspecified atom stereocenters. The number of hydrogen-bond donors (Lipinski definition) is 1. The first-order valence-electron chi connectivity index (χ1n) is 8.14. The van der Waals surface area contributed by atoms with Crippen LogP contribution < -0.4 is 4.74 Å². The molecule has 2 heterocycles. The predicted molar refractivity (Wildman–Crippen MR) is 92.6 cm³/mol. The predicted octanol–water partition coefficient (Wildman–Crippen LogP) is 4.48. The van der Waals surface area contributed by atoms with E-state index in [1.807, 2.05) is 18.2 Å². The number of rotatable bonds is 2. The lowest BCUT2D eigenvalue weighted by atomic mass is 9.78. The van der Waals surface area contributed by atoms with E-state index in [-0.39, 0.29) is 0 Å². The monoisotopic (exact) mass is 314 g/mol. The highest BCUT2D eigenvalue weighted by Crippen LogP contribution is 2.51. The third kappa shape index (κ3) is 2.31. The smallest absolute Gasteiger partial charge is 0.126 e. The van der Waals surface area contributed by atoms with Crippen LogP contribution in [0.3, 0.4) is 0 Å². The molecule has 2 aromatic carbocycles. The van der Waals surface area contributed by atoms with Crippen LogP contribution in [-0.2, 0) is 5.60 Å². The van der Waals surface area contributed by atoms with Gasteiger partial charge in [-0.3, -0.25) is 0 Å². The van der Waals surface area contributed by atoms with E-state index in [1.165, 1.54) is 19.3 Å². The van der Waals surface area contributed by atoms with Crippen LogP contribution in [0, 0.1) is 0 Å². The summed E-state index contributed by atoms with van der Waals surface area (Å²) in [5.74, 6) is 0.883. The molecule has 2 fully saturated rings. The van der Waals surface area contributed by atoms with E-state index in [2.05, 4.69) is 30.0 Å². The van der Waals surface area contributed by atoms with E-state index < -0.39 is 5.60 Å². The van der Waals surface area contributed by atoms with Gasteiger partial charge in [0, 0.05) is 15.9 Å². The Balaban J connectivity index is 1.83. The van der Waals surface area contributed by atoms with E-state index in [9.17, 15) is 5.11 Å². The van der Waals surface area contributed by atoms with Crippen molar-refractivity contribution in [1.29, 1.82) is 0 Å². The summed E-state index contributed by atoms with van der Waals surface area (Å²) < 4.78 is 5.49. The fourth-order valence-corrected chi connectivity index (χ4v) is 6.09. The van der Waals surface area contributed by atoms with E-state index >= 15 is 0 Å². The lowest BCUT2D eigenvalue weighted by Crippen LogP contribution is -2.40. The maximum atomic E-state index is 11.5. The minimum Gasteiger partial charge on any atom is -0.496 e. The third-order valence-corrected chi connectivity index (χ3v) is 6.75. The van der Waals surface area contributed by atoms with Crippen LogP contribution in [0.2, 0.25) is 0 Å². The Kier molecular flexibility index (Phi) is 3.58. The second-order valence-corrected chi connectivity index (χ2v) is 8.22. The number of benzene rings is 2. The molecule has 2 atom stereocenters. The van der Waals surface area contributed by atoms with Crippen LogP contribution in [-0.4, -0.2) is 22.7 Å². The molecule has 4 rings (SSSR count). The van der Waals surface area contributed by atoms with Crippen LogP contribution in [0.15, 0.2) is 36.4 Å². The molecule has 0 amide bonds. The molecule has 2 saturated heterocycles. The molecule has 2 bridgehead atoms. The first kappa shape index (κ1) is 14.4. The minimum absolute atomic E-state index is 0.610. The fraction of sp³-hybridized carbons (Fsp3) is 0.474. The molecule has 22 heavy (non-hydrogen) atoms. The van der Waals surface area contributed by atoms with Crippen LogP contribution in [0.1, 0.15) is 37.7 Å². The maximum Gasteiger partial charge on any atom is 0.126 e. The second-order valence-electron chi connectivity index (χ2n) is 6.61. The molecule has 0 saturated carbocycles. The van der Waals surface area contributed by atoms with Crippen molar-refractivity contribution in [3.05, 3.63) is 42.0 Å². The molecule has 0 radical (unpaired) electrons. The summed E-state index contributed by atoms with van der Waals surface area (Å²) in [4.78, 5) is 0. The van der Waals surface area contributed by atoms with Crippen LogP contribution >= 0.6 is 11.8 Å². The summed E-state index contributed by atoms with van der Waals surface area (Å²) in [5.41, 5.74) is 0.397. The highest BCUT2D eigenvalue weighted by molar-refractivity contribution is 8.00. The first-order chi connectivity index (χ1) is 10.7. The Morgan fingerprint density at radius 3 is 2.41 bits per heavy atom. The molecule has 2 aliphatic rings. The van der Waals surface area contributed by atoms with Gasteiger partial charge in [0.25, 0.3) is 0 Å². The zero-order chi connectivity index (χ0) is 15.2. The van der Waals surface area contributed by atoms with Crippen LogP contribution in [0.4, 0.5) is 0 Å². The van der Waals surface area contributed by atoms with Crippen molar-refractivity contribution < 1.29 is 9.84 Å². The molecule has 1 N–H and O–H groups in total. The van der Waals surface area contributed by atoms with Gasteiger partial charge in [0.1, 0.15) is 5.75 Å². The van der Waals surface area contributed by atoms with Gasteiger partial charge in [-0.1, -0.05) is 36.8 Å². The van der Waals surface area contributed by atoms with E-state index in [0.717, 1.165) is 34.9 Å². The summed E-state index contributed by atoms with van der Waals surface area (Å²) in [7, 11) is 1.71. The number of hydrogen-bond acceptors (Lipinski definition) is 3. The third-order valence-electron chi connectivity index (χ3n) is 5.17. The number of ether oxygens (including phenoxy) is 1. The molecule has 0 aliphatic carbocycles. The molecule has 3 heteroatoms. The number of fused-ring (bicyclic) bond motifs is 3. The summed E-state index contributed by atoms with van der Waals surface area (Å²) >= 11 is 2.10. The molecular weight excluding hydrogens is 292 g/mol. The normalized spacial score (nSPS) is 31.2. The first-order valence-corrected chi connectivity index (χ1v) is 9.08. The average Bonchev–Trinajstić information content (AvgIpc) is 2.53. The lowest BCUT2D eigenvalue weighted by molar-refractivity contribution is 0.00952. The SMILES string of the molecule is COc1ccc(C2(O)CC3CCCC(C2)S3)c2ccccc12. The summed E-state index contributed by atoms with van der Waals surface area (Å²) in [5, 5.41) is 14.9. The Labute approximate surface area is 135 Å². The van der Waals surface area contributed by atoms with E-state index in [1.54, 1.807) is 7.11 Å². The van der Waals surface area contributed by atoms with Gasteiger partial charge in [-0.25, -0.2) is 0 Å². The molecular formula is C19H22O2S. The Morgan fingerprint density at radius 2 is 1.73 bits per heavy atom. The molecule has 0 aromatic heterocycles. The number of methoxy groups -OCH3 is 1. The molecule has 116 valence electrons. The van der Waals surface area contributed by atoms with Crippen molar-refractivity contribution in [2.24, 2.45) is 0 Å². The second kappa shape index (κ2) is 5.47. The van der Waals surface area contributed by atoms with Crippen molar-refractivity contribution in [1.82, 2.24) is 0 Å². The van der Waals surface area contributed by atoms with Crippen molar-refractivity contribution in [2.45, 2.75) is 48.2 Å². The zero-order valence-corrected chi connectivity index (χ0v) is 13.7. The van der Waals surface area contributed by atoms with Crippen molar-refractivity contribution in [3.63, 3.8) is 0 Å². The number of aliphatic hydroxyl groups is 1. The van der Waals surface area contributed by atoms with Gasteiger partial charge in [0.05, 0.1) is 12.7 Å². The summed E-state index contributed by atoms with van der Waals surface area (Å²) in [6, 6.07) is 12.4. The van der Waals surface area contributed by atoms with Crippen molar-refractivity contribution in [3.8, 4) is 5.75 Å². The highest BCUT2D eigenvalue weighted by Gasteiger charge is 2.43. The lowest BCUT2D eigenvalue weighted by Gasteiger charge is -2.44. The minimum atomic E-state index is -0.688. The van der Waals surface area contributed by atoms with Gasteiger partial charge in [-0.2, -0.15) is 11.8 Å². The van der Waals surface area contributed by atoms with Gasteiger partial charge in [-0.05, 0) is 42.7 Å². The fourth-order valence-electron chi connectivity index (χ4n) is 4.19. The van der Waals surface area contributed by atoms with Crippen molar-refractivity contribution >= 4 is 22.5 Å². The Bertz CT molecular complexity index is 685. The van der Waals surface area contributed by atoms with E-state index in [4.69, 9.17) is 4.74 Å². The zero-order valence-electron chi connectivity index (χ0n) is 12.9. The number of thioether (sulfide) groups is 1. The molecule has 2 aromatic rings. The summed E-state index contributed by atoms with van der Waals surface area (Å²) in [6.45, 7) is 0. The topological polar surface area (TPSA) is 29.5 Å². The molecule has 0 spiro atoms. The quantitative estimate of drug-likeness (QED) is 0.886. The summed E-state index contributed by atoms with van der Waals surface area (Å²) in [6.07, 6.45) is 5.58. The highest BCUT2D eigenvalue weighted by atomic mass is 32.2. The van der Waals surface area contributed by atoms with Gasteiger partial charge in [-0.15, -0.1) is 0 Å². The standard InChI is InChI=1S/C19H22O2S/c1-21-18-10-9-17(15-7-2-3-8-16(15)18)19(20)11-13-5-4-6-14(12-19)22-13/h2-3,7-10,13-14,20H,4-6,11-12H2,1H3. The van der Waals surface area contributed by atoms with Gasteiger partial charge >= 0.3 is 0 Å².